The molecule has 0 bridgehead atoms. The molecule has 1 aromatic heterocycles. The highest BCUT2D eigenvalue weighted by Crippen LogP contribution is 2.31. The summed E-state index contributed by atoms with van der Waals surface area (Å²) in [6, 6.07) is 12.5. The van der Waals surface area contributed by atoms with Gasteiger partial charge in [0, 0.05) is 17.9 Å². The van der Waals surface area contributed by atoms with Gasteiger partial charge in [-0.25, -0.2) is 0 Å². The van der Waals surface area contributed by atoms with Crippen molar-refractivity contribution in [3.05, 3.63) is 65.5 Å². The Morgan fingerprint density at radius 2 is 1.84 bits per heavy atom. The van der Waals surface area contributed by atoms with E-state index in [9.17, 15) is 18.0 Å². The Labute approximate surface area is 188 Å². The molecule has 2 aromatic carbocycles. The molecule has 0 spiro atoms. The number of alkyl halides is 3. The van der Waals surface area contributed by atoms with Crippen LogP contribution in [0.4, 0.5) is 24.5 Å². The standard InChI is InChI=1S/C22H24F3N5OS/c1-4-30-19(13-26-18-7-5-6-16(12-18)22(23,24)25)28-29-21(30)32-15(3)20(31)27-17-10-8-14(2)9-11-17/h5-12,15,26H,4,13H2,1-3H3,(H,27,31)/t15-/m1/s1. The Balaban J connectivity index is 1.64. The fourth-order valence-corrected chi connectivity index (χ4v) is 3.87. The van der Waals surface area contributed by atoms with E-state index in [1.54, 1.807) is 13.0 Å². The Kier molecular flexibility index (Phi) is 7.44. The number of amides is 1. The number of rotatable bonds is 8. The van der Waals surface area contributed by atoms with Crippen LogP contribution in [0.25, 0.3) is 0 Å². The molecule has 3 rings (SSSR count). The molecule has 0 aliphatic rings. The van der Waals surface area contributed by atoms with Gasteiger partial charge in [-0.1, -0.05) is 35.5 Å². The second-order valence-corrected chi connectivity index (χ2v) is 8.50. The SMILES string of the molecule is CCn1c(CNc2cccc(C(F)(F)F)c2)nnc1S[C@H](C)C(=O)Nc1ccc(C)cc1. The highest BCUT2D eigenvalue weighted by molar-refractivity contribution is 8.00. The summed E-state index contributed by atoms with van der Waals surface area (Å²) in [6.45, 7) is 6.43. The summed E-state index contributed by atoms with van der Waals surface area (Å²) in [5, 5.41) is 14.3. The second-order valence-electron chi connectivity index (χ2n) is 7.19. The average Bonchev–Trinajstić information content (AvgIpc) is 3.14. The number of benzene rings is 2. The predicted octanol–water partition coefficient (Wildman–Crippen LogP) is 5.36. The quantitative estimate of drug-likeness (QED) is 0.440. The minimum Gasteiger partial charge on any atom is -0.378 e. The number of hydrogen-bond acceptors (Lipinski definition) is 5. The van der Waals surface area contributed by atoms with Crippen LogP contribution in [-0.2, 0) is 24.1 Å². The van der Waals surface area contributed by atoms with Crippen molar-refractivity contribution in [2.45, 2.75) is 50.4 Å². The fraction of sp³-hybridized carbons (Fsp3) is 0.318. The summed E-state index contributed by atoms with van der Waals surface area (Å²) in [6.07, 6.45) is -4.40. The molecule has 0 aliphatic carbocycles. The monoisotopic (exact) mass is 463 g/mol. The largest absolute Gasteiger partial charge is 0.416 e. The Hall–Kier alpha value is -3.01. The first-order valence-electron chi connectivity index (χ1n) is 10.0. The predicted molar refractivity (Wildman–Crippen MR) is 120 cm³/mol. The van der Waals surface area contributed by atoms with Gasteiger partial charge in [-0.15, -0.1) is 10.2 Å². The molecule has 0 saturated heterocycles. The zero-order chi connectivity index (χ0) is 23.3. The van der Waals surface area contributed by atoms with Crippen molar-refractivity contribution < 1.29 is 18.0 Å². The molecule has 0 radical (unpaired) electrons. The Bertz CT molecular complexity index is 1070. The summed E-state index contributed by atoms with van der Waals surface area (Å²) in [7, 11) is 0. The first-order chi connectivity index (χ1) is 15.2. The van der Waals surface area contributed by atoms with Crippen LogP contribution in [0.3, 0.4) is 0 Å². The topological polar surface area (TPSA) is 71.8 Å². The van der Waals surface area contributed by atoms with Crippen LogP contribution < -0.4 is 10.6 Å². The van der Waals surface area contributed by atoms with Crippen LogP contribution in [0.5, 0.6) is 0 Å². The lowest BCUT2D eigenvalue weighted by Crippen LogP contribution is -2.23. The zero-order valence-corrected chi connectivity index (χ0v) is 18.7. The molecule has 3 aromatic rings. The lowest BCUT2D eigenvalue weighted by molar-refractivity contribution is -0.137. The number of halogens is 3. The molecule has 0 unspecified atom stereocenters. The minimum atomic E-state index is -4.40. The summed E-state index contributed by atoms with van der Waals surface area (Å²) in [4.78, 5) is 12.5. The van der Waals surface area contributed by atoms with Gasteiger partial charge in [-0.3, -0.25) is 4.79 Å². The van der Waals surface area contributed by atoms with E-state index in [4.69, 9.17) is 0 Å². The number of nitrogens with zero attached hydrogens (tertiary/aromatic N) is 3. The smallest absolute Gasteiger partial charge is 0.378 e. The molecule has 0 fully saturated rings. The summed E-state index contributed by atoms with van der Waals surface area (Å²) in [5.41, 5.74) is 1.44. The van der Waals surface area contributed by atoms with E-state index in [2.05, 4.69) is 20.8 Å². The van der Waals surface area contributed by atoms with Gasteiger partial charge in [0.1, 0.15) is 0 Å². The van der Waals surface area contributed by atoms with Crippen molar-refractivity contribution >= 4 is 29.0 Å². The van der Waals surface area contributed by atoms with Crippen LogP contribution in [0.2, 0.25) is 0 Å². The molecule has 32 heavy (non-hydrogen) atoms. The minimum absolute atomic E-state index is 0.159. The zero-order valence-electron chi connectivity index (χ0n) is 17.9. The first-order valence-corrected chi connectivity index (χ1v) is 10.9. The maximum atomic E-state index is 12.9. The van der Waals surface area contributed by atoms with Crippen LogP contribution in [0.15, 0.2) is 53.7 Å². The highest BCUT2D eigenvalue weighted by Gasteiger charge is 2.30. The van der Waals surface area contributed by atoms with Crippen molar-refractivity contribution in [2.24, 2.45) is 0 Å². The molecule has 170 valence electrons. The second kappa shape index (κ2) is 10.1. The number of hydrogen-bond donors (Lipinski definition) is 2. The lowest BCUT2D eigenvalue weighted by atomic mass is 10.2. The lowest BCUT2D eigenvalue weighted by Gasteiger charge is -2.13. The van der Waals surface area contributed by atoms with Crippen LogP contribution in [-0.4, -0.2) is 25.9 Å². The van der Waals surface area contributed by atoms with Crippen LogP contribution in [0, 0.1) is 6.92 Å². The molecule has 0 aliphatic heterocycles. The normalized spacial score (nSPS) is 12.4. The molecule has 10 heteroatoms. The van der Waals surface area contributed by atoms with Crippen molar-refractivity contribution in [1.82, 2.24) is 14.8 Å². The molecule has 0 saturated carbocycles. The van der Waals surface area contributed by atoms with Gasteiger partial charge in [0.25, 0.3) is 0 Å². The number of aryl methyl sites for hydroxylation is 1. The van der Waals surface area contributed by atoms with E-state index in [1.165, 1.54) is 17.8 Å². The van der Waals surface area contributed by atoms with Gasteiger partial charge < -0.3 is 15.2 Å². The van der Waals surface area contributed by atoms with Crippen molar-refractivity contribution in [3.8, 4) is 0 Å². The number of nitrogens with one attached hydrogen (secondary N) is 2. The maximum absolute atomic E-state index is 12.9. The maximum Gasteiger partial charge on any atom is 0.416 e. The third-order valence-electron chi connectivity index (χ3n) is 4.72. The Morgan fingerprint density at radius 1 is 1.12 bits per heavy atom. The Morgan fingerprint density at radius 3 is 2.50 bits per heavy atom. The van der Waals surface area contributed by atoms with E-state index >= 15 is 0 Å². The van der Waals surface area contributed by atoms with Gasteiger partial charge in [0.15, 0.2) is 11.0 Å². The average molecular weight is 464 g/mol. The van der Waals surface area contributed by atoms with E-state index in [1.807, 2.05) is 42.7 Å². The third kappa shape index (κ3) is 6.03. The van der Waals surface area contributed by atoms with E-state index < -0.39 is 17.0 Å². The van der Waals surface area contributed by atoms with Gasteiger partial charge in [0.2, 0.25) is 5.91 Å². The number of carbonyl (C=O) groups is 1. The first kappa shape index (κ1) is 23.6. The van der Waals surface area contributed by atoms with E-state index in [-0.39, 0.29) is 12.5 Å². The third-order valence-corrected chi connectivity index (χ3v) is 5.80. The van der Waals surface area contributed by atoms with Gasteiger partial charge in [0.05, 0.1) is 17.4 Å². The number of anilines is 2. The number of carbonyl (C=O) groups excluding carboxylic acids is 1. The van der Waals surface area contributed by atoms with Crippen molar-refractivity contribution in [1.29, 1.82) is 0 Å². The van der Waals surface area contributed by atoms with Gasteiger partial charge in [-0.2, -0.15) is 13.2 Å². The molecule has 1 atom stereocenters. The van der Waals surface area contributed by atoms with E-state index in [0.717, 1.165) is 23.4 Å². The summed E-state index contributed by atoms with van der Waals surface area (Å²) < 4.78 is 40.6. The number of aromatic nitrogens is 3. The molecular formula is C22H24F3N5OS. The molecule has 1 heterocycles. The van der Waals surface area contributed by atoms with Crippen molar-refractivity contribution in [3.63, 3.8) is 0 Å². The number of thioether (sulfide) groups is 1. The van der Waals surface area contributed by atoms with E-state index in [0.29, 0.717) is 23.2 Å². The van der Waals surface area contributed by atoms with Crippen molar-refractivity contribution in [2.75, 3.05) is 10.6 Å². The summed E-state index contributed by atoms with van der Waals surface area (Å²) in [5.74, 6) is 0.409. The van der Waals surface area contributed by atoms with Gasteiger partial charge >= 0.3 is 6.18 Å². The molecule has 2 N–H and O–H groups in total. The molecule has 1 amide bonds. The fourth-order valence-electron chi connectivity index (χ4n) is 2.93. The van der Waals surface area contributed by atoms with Crippen LogP contribution >= 0.6 is 11.8 Å². The highest BCUT2D eigenvalue weighted by atomic mass is 32.2. The molecular weight excluding hydrogens is 439 g/mol. The van der Waals surface area contributed by atoms with Crippen LogP contribution in [0.1, 0.15) is 30.8 Å². The van der Waals surface area contributed by atoms with Gasteiger partial charge in [-0.05, 0) is 51.1 Å². The summed E-state index contributed by atoms with van der Waals surface area (Å²) >= 11 is 1.27. The molecule has 6 nitrogen and oxygen atoms in total.